The average Bonchev–Trinajstić information content (AvgIpc) is 2.93. The Hall–Kier alpha value is -2.07. The number of halogens is 2. The second-order valence-electron chi connectivity index (χ2n) is 6.87. The molecule has 3 aliphatic rings. The number of fused-ring (bicyclic) bond motifs is 1. The molecule has 0 bridgehead atoms. The summed E-state index contributed by atoms with van der Waals surface area (Å²) in [6.07, 6.45) is -1.54. The smallest absolute Gasteiger partial charge is 0.285 e. The molecule has 3 heterocycles. The van der Waals surface area contributed by atoms with E-state index in [1.54, 1.807) is 23.1 Å². The summed E-state index contributed by atoms with van der Waals surface area (Å²) >= 11 is 0. The van der Waals surface area contributed by atoms with E-state index in [9.17, 15) is 22.0 Å². The van der Waals surface area contributed by atoms with E-state index in [-0.39, 0.29) is 49.9 Å². The minimum absolute atomic E-state index is 0.0101. The van der Waals surface area contributed by atoms with E-state index in [1.807, 2.05) is 0 Å². The van der Waals surface area contributed by atoms with Crippen molar-refractivity contribution in [1.82, 2.24) is 9.80 Å². The third kappa shape index (κ3) is 3.43. The van der Waals surface area contributed by atoms with E-state index < -0.39 is 22.0 Å². The van der Waals surface area contributed by atoms with Gasteiger partial charge in [-0.2, -0.15) is 8.42 Å². The molecule has 10 heteroatoms. The Morgan fingerprint density at radius 1 is 1.19 bits per heavy atom. The maximum Gasteiger partial charge on any atom is 0.285 e. The number of nitrogens with zero attached hydrogens (tertiary/aromatic N) is 3. The minimum Gasteiger partial charge on any atom is -0.365 e. The summed E-state index contributed by atoms with van der Waals surface area (Å²) < 4.78 is 60.5. The van der Waals surface area contributed by atoms with Gasteiger partial charge in [0.1, 0.15) is 4.90 Å². The van der Waals surface area contributed by atoms with E-state index in [2.05, 4.69) is 4.40 Å². The molecule has 0 aliphatic carbocycles. The zero-order valence-electron chi connectivity index (χ0n) is 14.5. The number of amidine groups is 1. The molecule has 1 unspecified atom stereocenters. The molecule has 3 aliphatic heterocycles. The lowest BCUT2D eigenvalue weighted by Crippen LogP contribution is -2.54. The van der Waals surface area contributed by atoms with Crippen molar-refractivity contribution >= 4 is 21.8 Å². The van der Waals surface area contributed by atoms with Crippen molar-refractivity contribution in [3.63, 3.8) is 0 Å². The summed E-state index contributed by atoms with van der Waals surface area (Å²) in [5.41, 5.74) is 0.503. The molecular formula is C17H19F2N3O4S. The molecule has 0 N–H and O–H groups in total. The number of alkyl halides is 2. The van der Waals surface area contributed by atoms with Gasteiger partial charge in [-0.3, -0.25) is 4.79 Å². The van der Waals surface area contributed by atoms with Gasteiger partial charge in [-0.05, 0) is 12.1 Å². The number of ether oxygens (including phenoxy) is 1. The van der Waals surface area contributed by atoms with E-state index in [0.29, 0.717) is 17.9 Å². The number of piperidine rings is 1. The fourth-order valence-corrected chi connectivity index (χ4v) is 4.79. The zero-order valence-corrected chi connectivity index (χ0v) is 15.3. The molecule has 1 amide bonds. The SMILES string of the molecule is O=C(C1CN(C2=NS(=O)(=O)c3ccccc32)CCO1)N1CCC(F)(F)CC1. The first-order valence-corrected chi connectivity index (χ1v) is 10.2. The Labute approximate surface area is 155 Å². The van der Waals surface area contributed by atoms with Crippen molar-refractivity contribution in [3.05, 3.63) is 29.8 Å². The Morgan fingerprint density at radius 2 is 1.89 bits per heavy atom. The molecule has 1 aromatic carbocycles. The van der Waals surface area contributed by atoms with Gasteiger partial charge < -0.3 is 14.5 Å². The van der Waals surface area contributed by atoms with Gasteiger partial charge in [-0.15, -0.1) is 4.40 Å². The van der Waals surface area contributed by atoms with Crippen LogP contribution in [0.25, 0.3) is 0 Å². The van der Waals surface area contributed by atoms with Crippen LogP contribution in [-0.4, -0.2) is 74.8 Å². The number of sulfonamides is 1. The topological polar surface area (TPSA) is 79.3 Å². The predicted octanol–water partition coefficient (Wildman–Crippen LogP) is 1.09. The summed E-state index contributed by atoms with van der Waals surface area (Å²) in [7, 11) is -3.75. The summed E-state index contributed by atoms with van der Waals surface area (Å²) in [6.45, 7) is 0.730. The van der Waals surface area contributed by atoms with Crippen LogP contribution in [0.2, 0.25) is 0 Å². The average molecular weight is 399 g/mol. The highest BCUT2D eigenvalue weighted by Crippen LogP contribution is 2.30. The number of carbonyl (C=O) groups is 1. The second-order valence-corrected chi connectivity index (χ2v) is 8.45. The summed E-state index contributed by atoms with van der Waals surface area (Å²) in [5.74, 6) is -2.77. The number of carbonyl (C=O) groups excluding carboxylic acids is 1. The molecule has 7 nitrogen and oxygen atoms in total. The number of morpholine rings is 1. The molecule has 2 fully saturated rings. The second kappa shape index (κ2) is 6.52. The zero-order chi connectivity index (χ0) is 19.2. The van der Waals surface area contributed by atoms with Gasteiger partial charge >= 0.3 is 0 Å². The van der Waals surface area contributed by atoms with E-state index in [0.717, 1.165) is 0 Å². The van der Waals surface area contributed by atoms with Crippen molar-refractivity contribution in [3.8, 4) is 0 Å². The quantitative estimate of drug-likeness (QED) is 0.707. The number of likely N-dealkylation sites (tertiary alicyclic amines) is 1. The van der Waals surface area contributed by atoms with Gasteiger partial charge in [0.25, 0.3) is 21.9 Å². The van der Waals surface area contributed by atoms with Crippen LogP contribution in [0.4, 0.5) is 8.78 Å². The lowest BCUT2D eigenvalue weighted by Gasteiger charge is -2.38. The molecule has 146 valence electrons. The first kappa shape index (κ1) is 18.3. The van der Waals surface area contributed by atoms with Gasteiger partial charge in [0.15, 0.2) is 11.9 Å². The van der Waals surface area contributed by atoms with E-state index in [4.69, 9.17) is 4.74 Å². The molecule has 1 atom stereocenters. The lowest BCUT2D eigenvalue weighted by atomic mass is 10.1. The van der Waals surface area contributed by atoms with Crippen LogP contribution < -0.4 is 0 Å². The number of hydrogen-bond acceptors (Lipinski definition) is 5. The monoisotopic (exact) mass is 399 g/mol. The van der Waals surface area contributed by atoms with Crippen molar-refractivity contribution in [2.75, 3.05) is 32.8 Å². The minimum atomic E-state index is -3.75. The number of benzene rings is 1. The van der Waals surface area contributed by atoms with Gasteiger partial charge in [-0.1, -0.05) is 12.1 Å². The molecule has 2 saturated heterocycles. The summed E-state index contributed by atoms with van der Waals surface area (Å²) in [5, 5.41) is 0. The lowest BCUT2D eigenvalue weighted by molar-refractivity contribution is -0.153. The van der Waals surface area contributed by atoms with Crippen LogP contribution >= 0.6 is 0 Å². The van der Waals surface area contributed by atoms with Crippen LogP contribution in [0.3, 0.4) is 0 Å². The largest absolute Gasteiger partial charge is 0.365 e. The fourth-order valence-electron chi connectivity index (χ4n) is 3.57. The Bertz CT molecular complexity index is 893. The normalized spacial score (nSPS) is 26.4. The summed E-state index contributed by atoms with van der Waals surface area (Å²) in [6, 6.07) is 6.54. The van der Waals surface area contributed by atoms with Crippen LogP contribution in [0.15, 0.2) is 33.6 Å². The summed E-state index contributed by atoms with van der Waals surface area (Å²) in [4.78, 5) is 15.9. The van der Waals surface area contributed by atoms with Crippen molar-refractivity contribution in [2.24, 2.45) is 4.40 Å². The van der Waals surface area contributed by atoms with Crippen LogP contribution in [0.1, 0.15) is 18.4 Å². The number of rotatable bonds is 1. The van der Waals surface area contributed by atoms with Crippen LogP contribution in [0, 0.1) is 0 Å². The standard InChI is InChI=1S/C17H19F2N3O4S/c18-17(19)5-7-21(8-6-17)16(23)13-11-22(9-10-26-13)15-12-3-1-2-4-14(12)27(24,25)20-15/h1-4,13H,5-11H2. The van der Waals surface area contributed by atoms with Gasteiger partial charge in [0.2, 0.25) is 0 Å². The van der Waals surface area contributed by atoms with Crippen molar-refractivity contribution in [2.45, 2.75) is 29.8 Å². The van der Waals surface area contributed by atoms with Crippen LogP contribution in [-0.2, 0) is 19.6 Å². The molecule has 0 aromatic heterocycles. The Balaban J connectivity index is 1.50. The molecule has 4 rings (SSSR count). The van der Waals surface area contributed by atoms with Gasteiger partial charge in [0, 0.05) is 38.0 Å². The van der Waals surface area contributed by atoms with Crippen LogP contribution in [0.5, 0.6) is 0 Å². The molecule has 27 heavy (non-hydrogen) atoms. The van der Waals surface area contributed by atoms with E-state index in [1.165, 1.54) is 11.0 Å². The molecule has 0 spiro atoms. The maximum atomic E-state index is 13.3. The molecular weight excluding hydrogens is 380 g/mol. The number of hydrogen-bond donors (Lipinski definition) is 0. The molecule has 1 aromatic rings. The van der Waals surface area contributed by atoms with Crippen molar-refractivity contribution in [1.29, 1.82) is 0 Å². The maximum absolute atomic E-state index is 13.3. The first-order valence-electron chi connectivity index (χ1n) is 8.74. The Kier molecular flexibility index (Phi) is 4.42. The van der Waals surface area contributed by atoms with Gasteiger partial charge in [-0.25, -0.2) is 8.78 Å². The van der Waals surface area contributed by atoms with Crippen molar-refractivity contribution < 1.29 is 26.7 Å². The molecule has 0 radical (unpaired) electrons. The van der Waals surface area contributed by atoms with Gasteiger partial charge in [0.05, 0.1) is 13.2 Å². The highest BCUT2D eigenvalue weighted by atomic mass is 32.2. The first-order chi connectivity index (χ1) is 12.8. The number of amides is 1. The highest BCUT2D eigenvalue weighted by molar-refractivity contribution is 7.90. The third-order valence-electron chi connectivity index (χ3n) is 5.06. The highest BCUT2D eigenvalue weighted by Gasteiger charge is 2.40. The fraction of sp³-hybridized carbons (Fsp3) is 0.529. The predicted molar refractivity (Wildman–Crippen MR) is 92.2 cm³/mol. The Morgan fingerprint density at radius 3 is 2.63 bits per heavy atom. The third-order valence-corrected chi connectivity index (χ3v) is 6.39. The molecule has 0 saturated carbocycles. The van der Waals surface area contributed by atoms with E-state index >= 15 is 0 Å².